The third-order valence-electron chi connectivity index (χ3n) is 3.86. The molecule has 0 radical (unpaired) electrons. The Hall–Kier alpha value is -2.33. The standard InChI is InChI=1S/C18H19FN2O/c1-2-21-15(12-22-16-8-6-14(19)7-9-16)10-17-13(11-20)4-3-5-18(17)21/h3-10H,2,11-12,20H2,1H3. The molecule has 114 valence electrons. The molecule has 2 aromatic carbocycles. The minimum Gasteiger partial charge on any atom is -0.487 e. The summed E-state index contributed by atoms with van der Waals surface area (Å²) >= 11 is 0. The number of hydrogen-bond acceptors (Lipinski definition) is 2. The van der Waals surface area contributed by atoms with Gasteiger partial charge in [-0.3, -0.25) is 0 Å². The van der Waals surface area contributed by atoms with Crippen molar-refractivity contribution in [2.45, 2.75) is 26.6 Å². The molecule has 0 saturated heterocycles. The van der Waals surface area contributed by atoms with E-state index in [1.165, 1.54) is 23.0 Å². The molecule has 0 spiro atoms. The highest BCUT2D eigenvalue weighted by Gasteiger charge is 2.10. The molecule has 0 unspecified atom stereocenters. The number of halogens is 1. The van der Waals surface area contributed by atoms with E-state index in [1.807, 2.05) is 12.1 Å². The van der Waals surface area contributed by atoms with Gasteiger partial charge in [0.2, 0.25) is 0 Å². The maximum atomic E-state index is 12.9. The highest BCUT2D eigenvalue weighted by atomic mass is 19.1. The molecular formula is C18H19FN2O. The lowest BCUT2D eigenvalue weighted by molar-refractivity contribution is 0.295. The summed E-state index contributed by atoms with van der Waals surface area (Å²) in [5.41, 5.74) is 9.21. The zero-order chi connectivity index (χ0) is 15.5. The van der Waals surface area contributed by atoms with Crippen LogP contribution in [0.25, 0.3) is 10.9 Å². The summed E-state index contributed by atoms with van der Waals surface area (Å²) < 4.78 is 20.9. The topological polar surface area (TPSA) is 40.2 Å². The second kappa shape index (κ2) is 6.20. The highest BCUT2D eigenvalue weighted by Crippen LogP contribution is 2.24. The van der Waals surface area contributed by atoms with Crippen LogP contribution in [0.4, 0.5) is 4.39 Å². The predicted octanol–water partition coefficient (Wildman–Crippen LogP) is 3.84. The van der Waals surface area contributed by atoms with Crippen LogP contribution in [0.15, 0.2) is 48.5 Å². The minimum absolute atomic E-state index is 0.261. The van der Waals surface area contributed by atoms with Gasteiger partial charge in [0.1, 0.15) is 18.2 Å². The number of ether oxygens (including phenoxy) is 1. The van der Waals surface area contributed by atoms with Crippen molar-refractivity contribution < 1.29 is 9.13 Å². The van der Waals surface area contributed by atoms with Gasteiger partial charge in [-0.25, -0.2) is 4.39 Å². The lowest BCUT2D eigenvalue weighted by Crippen LogP contribution is -2.04. The van der Waals surface area contributed by atoms with Gasteiger partial charge in [-0.15, -0.1) is 0 Å². The molecule has 0 amide bonds. The molecule has 0 fully saturated rings. The third-order valence-corrected chi connectivity index (χ3v) is 3.86. The molecule has 0 aliphatic heterocycles. The second-order valence-electron chi connectivity index (χ2n) is 5.18. The largest absolute Gasteiger partial charge is 0.487 e. The molecule has 22 heavy (non-hydrogen) atoms. The van der Waals surface area contributed by atoms with Crippen LogP contribution >= 0.6 is 0 Å². The SMILES string of the molecule is CCn1c(COc2ccc(F)cc2)cc2c(CN)cccc21. The number of benzene rings is 2. The van der Waals surface area contributed by atoms with Crippen molar-refractivity contribution >= 4 is 10.9 Å². The zero-order valence-corrected chi connectivity index (χ0v) is 12.6. The maximum Gasteiger partial charge on any atom is 0.128 e. The van der Waals surface area contributed by atoms with Gasteiger partial charge < -0.3 is 15.0 Å². The minimum atomic E-state index is -0.261. The normalized spacial score (nSPS) is 11.0. The van der Waals surface area contributed by atoms with Gasteiger partial charge in [0.15, 0.2) is 0 Å². The number of nitrogens with two attached hydrogens (primary N) is 1. The Balaban J connectivity index is 1.91. The van der Waals surface area contributed by atoms with Crippen molar-refractivity contribution in [3.63, 3.8) is 0 Å². The van der Waals surface area contributed by atoms with Gasteiger partial charge in [-0.2, -0.15) is 0 Å². The van der Waals surface area contributed by atoms with Crippen LogP contribution in [0.3, 0.4) is 0 Å². The first-order chi connectivity index (χ1) is 10.7. The highest BCUT2D eigenvalue weighted by molar-refractivity contribution is 5.84. The number of fused-ring (bicyclic) bond motifs is 1. The summed E-state index contributed by atoms with van der Waals surface area (Å²) in [7, 11) is 0. The van der Waals surface area contributed by atoms with E-state index in [4.69, 9.17) is 10.5 Å². The smallest absolute Gasteiger partial charge is 0.128 e. The maximum absolute atomic E-state index is 12.9. The monoisotopic (exact) mass is 298 g/mol. The molecule has 1 aromatic heterocycles. The quantitative estimate of drug-likeness (QED) is 0.777. The summed E-state index contributed by atoms with van der Waals surface area (Å²) in [6.45, 7) is 3.93. The summed E-state index contributed by atoms with van der Waals surface area (Å²) in [5.74, 6) is 0.399. The Kier molecular flexibility index (Phi) is 4.11. The van der Waals surface area contributed by atoms with Crippen LogP contribution in [0, 0.1) is 5.82 Å². The fraction of sp³-hybridized carbons (Fsp3) is 0.222. The lowest BCUT2D eigenvalue weighted by Gasteiger charge is -2.10. The number of hydrogen-bond donors (Lipinski definition) is 1. The van der Waals surface area contributed by atoms with Crippen LogP contribution in [0.2, 0.25) is 0 Å². The molecule has 3 nitrogen and oxygen atoms in total. The van der Waals surface area contributed by atoms with Crippen molar-refractivity contribution in [1.29, 1.82) is 0 Å². The molecule has 3 aromatic rings. The summed E-state index contributed by atoms with van der Waals surface area (Å²) in [5, 5.41) is 1.17. The molecule has 0 bridgehead atoms. The van der Waals surface area contributed by atoms with E-state index in [0.29, 0.717) is 18.9 Å². The van der Waals surface area contributed by atoms with Crippen LogP contribution in [-0.4, -0.2) is 4.57 Å². The second-order valence-corrected chi connectivity index (χ2v) is 5.18. The van der Waals surface area contributed by atoms with Crippen molar-refractivity contribution in [2.75, 3.05) is 0 Å². The Labute approximate surface area is 129 Å². The molecule has 0 saturated carbocycles. The first kappa shape index (κ1) is 14.6. The molecule has 2 N–H and O–H groups in total. The van der Waals surface area contributed by atoms with Gasteiger partial charge in [-0.1, -0.05) is 12.1 Å². The fourth-order valence-corrected chi connectivity index (χ4v) is 2.76. The average molecular weight is 298 g/mol. The van der Waals surface area contributed by atoms with E-state index in [2.05, 4.69) is 23.6 Å². The van der Waals surface area contributed by atoms with Gasteiger partial charge >= 0.3 is 0 Å². The van der Waals surface area contributed by atoms with E-state index in [9.17, 15) is 4.39 Å². The molecule has 0 atom stereocenters. The number of rotatable bonds is 5. The summed E-state index contributed by atoms with van der Waals surface area (Å²) in [4.78, 5) is 0. The van der Waals surface area contributed by atoms with Crippen LogP contribution in [-0.2, 0) is 19.7 Å². The molecule has 0 aliphatic rings. The molecule has 1 heterocycles. The van der Waals surface area contributed by atoms with E-state index >= 15 is 0 Å². The van der Waals surface area contributed by atoms with Crippen molar-refractivity contribution in [3.05, 3.63) is 65.6 Å². The molecule has 4 heteroatoms. The van der Waals surface area contributed by atoms with Gasteiger partial charge in [0, 0.05) is 24.0 Å². The van der Waals surface area contributed by atoms with Crippen molar-refractivity contribution in [3.8, 4) is 5.75 Å². The van der Waals surface area contributed by atoms with Crippen LogP contribution in [0.5, 0.6) is 5.75 Å². The Morgan fingerprint density at radius 1 is 1.14 bits per heavy atom. The predicted molar refractivity (Wildman–Crippen MR) is 86.2 cm³/mol. The average Bonchev–Trinajstić information content (AvgIpc) is 2.91. The van der Waals surface area contributed by atoms with E-state index in [0.717, 1.165) is 17.8 Å². The van der Waals surface area contributed by atoms with E-state index in [1.54, 1.807) is 12.1 Å². The Bertz CT molecular complexity index is 778. The summed E-state index contributed by atoms with van der Waals surface area (Å²) in [6.07, 6.45) is 0. The molecular weight excluding hydrogens is 279 g/mol. The van der Waals surface area contributed by atoms with Gasteiger partial charge in [0.25, 0.3) is 0 Å². The van der Waals surface area contributed by atoms with Crippen molar-refractivity contribution in [1.82, 2.24) is 4.57 Å². The first-order valence-corrected chi connectivity index (χ1v) is 7.41. The molecule has 0 aliphatic carbocycles. The summed E-state index contributed by atoms with van der Waals surface area (Å²) in [6, 6.07) is 14.4. The van der Waals surface area contributed by atoms with Crippen LogP contribution in [0.1, 0.15) is 18.2 Å². The van der Waals surface area contributed by atoms with Crippen LogP contribution < -0.4 is 10.5 Å². The van der Waals surface area contributed by atoms with Crippen molar-refractivity contribution in [2.24, 2.45) is 5.73 Å². The fourth-order valence-electron chi connectivity index (χ4n) is 2.76. The first-order valence-electron chi connectivity index (χ1n) is 7.41. The number of aryl methyl sites for hydroxylation is 1. The number of aromatic nitrogens is 1. The van der Waals surface area contributed by atoms with Gasteiger partial charge in [0.05, 0.1) is 5.69 Å². The molecule has 3 rings (SSSR count). The third kappa shape index (κ3) is 2.70. The Morgan fingerprint density at radius 3 is 2.59 bits per heavy atom. The zero-order valence-electron chi connectivity index (χ0n) is 12.6. The Morgan fingerprint density at radius 2 is 1.91 bits per heavy atom. The number of nitrogens with zero attached hydrogens (tertiary/aromatic N) is 1. The lowest BCUT2D eigenvalue weighted by atomic mass is 10.1. The van der Waals surface area contributed by atoms with E-state index < -0.39 is 0 Å². The van der Waals surface area contributed by atoms with E-state index in [-0.39, 0.29) is 5.82 Å². The van der Waals surface area contributed by atoms with Gasteiger partial charge in [-0.05, 0) is 48.9 Å².